The van der Waals surface area contributed by atoms with Crippen LogP contribution in [0, 0.1) is 6.07 Å². The van der Waals surface area contributed by atoms with Gasteiger partial charge in [-0.2, -0.15) is 0 Å². The van der Waals surface area contributed by atoms with Gasteiger partial charge in [-0.25, -0.2) is 4.98 Å². The summed E-state index contributed by atoms with van der Waals surface area (Å²) in [5.74, 6) is 0. The Bertz CT molecular complexity index is 734. The van der Waals surface area contributed by atoms with Gasteiger partial charge in [0.05, 0.1) is 5.52 Å². The van der Waals surface area contributed by atoms with Crippen LogP contribution in [0.4, 0.5) is 0 Å². The van der Waals surface area contributed by atoms with Crippen molar-refractivity contribution in [3.8, 4) is 0 Å². The first-order valence-corrected chi connectivity index (χ1v) is 5.04. The number of nitrogens with zero attached hydrogens (tertiary/aromatic N) is 1. The van der Waals surface area contributed by atoms with Crippen LogP contribution in [0.1, 0.15) is 0 Å². The third-order valence-corrected chi connectivity index (χ3v) is 2.60. The molecule has 0 spiro atoms. The highest BCUT2D eigenvalue weighted by Crippen LogP contribution is 2.14. The Kier molecular flexibility index (Phi) is 1.93. The average Bonchev–Trinajstić information content (AvgIpc) is 2.45. The molecule has 0 aliphatic rings. The fourth-order valence-corrected chi connectivity index (χ4v) is 1.81. The molecule has 0 fully saturated rings. The van der Waals surface area contributed by atoms with E-state index in [1.54, 1.807) is 12.1 Å². The molecule has 2 nitrogen and oxygen atoms in total. The van der Waals surface area contributed by atoms with Crippen molar-refractivity contribution in [3.05, 3.63) is 65.0 Å². The van der Waals surface area contributed by atoms with Gasteiger partial charge in [-0.1, -0.05) is 30.3 Å². The van der Waals surface area contributed by atoms with Crippen LogP contribution in [0.5, 0.6) is 0 Å². The molecule has 1 aromatic heterocycles. The molecular weight excluding hydrogens is 198 g/mol. The van der Waals surface area contributed by atoms with E-state index >= 15 is 0 Å². The van der Waals surface area contributed by atoms with Gasteiger partial charge in [0.15, 0.2) is 0 Å². The molecule has 3 rings (SSSR count). The molecule has 0 saturated heterocycles. The molecule has 1 heterocycles. The molecule has 0 atom stereocenters. The minimum Gasteiger partial charge on any atom is -0.267 e. The molecule has 2 heteroatoms. The number of fused-ring (bicyclic) bond motifs is 2. The van der Waals surface area contributed by atoms with Crippen molar-refractivity contribution in [2.75, 3.05) is 0 Å². The quantitative estimate of drug-likeness (QED) is 0.565. The van der Waals surface area contributed by atoms with E-state index in [9.17, 15) is 4.79 Å². The standard InChI is InChI=1S/C14H8NO/c16-14-12-7-3-1-5-10(12)9-11-6-2-4-8-13(11)15-14/h1-3,5-9H. The molecule has 0 bridgehead atoms. The van der Waals surface area contributed by atoms with Crippen molar-refractivity contribution in [3.63, 3.8) is 0 Å². The first kappa shape index (κ1) is 9.04. The molecule has 0 saturated carbocycles. The van der Waals surface area contributed by atoms with E-state index < -0.39 is 0 Å². The van der Waals surface area contributed by atoms with Crippen molar-refractivity contribution >= 4 is 21.7 Å². The number of hydrogen-bond donors (Lipinski definition) is 0. The van der Waals surface area contributed by atoms with Gasteiger partial charge < -0.3 is 0 Å². The van der Waals surface area contributed by atoms with Crippen LogP contribution in [0.2, 0.25) is 0 Å². The first-order valence-electron chi connectivity index (χ1n) is 5.04. The number of aromatic nitrogens is 1. The normalized spacial score (nSPS) is 10.8. The fraction of sp³-hybridized carbons (Fsp3) is 0. The largest absolute Gasteiger partial charge is 0.278 e. The van der Waals surface area contributed by atoms with Crippen molar-refractivity contribution < 1.29 is 0 Å². The monoisotopic (exact) mass is 206 g/mol. The molecule has 1 radical (unpaired) electrons. The van der Waals surface area contributed by atoms with E-state index in [-0.39, 0.29) is 5.56 Å². The summed E-state index contributed by atoms with van der Waals surface area (Å²) in [6.07, 6.45) is 0. The van der Waals surface area contributed by atoms with E-state index in [4.69, 9.17) is 0 Å². The molecule has 0 N–H and O–H groups in total. The van der Waals surface area contributed by atoms with Gasteiger partial charge in [-0.05, 0) is 29.7 Å². The Balaban J connectivity index is 2.65. The Morgan fingerprint density at radius 1 is 1.06 bits per heavy atom. The molecular formula is C14H8NO. The Labute approximate surface area is 92.2 Å². The maximum absolute atomic E-state index is 11.9. The summed E-state index contributed by atoms with van der Waals surface area (Å²) in [7, 11) is 0. The fourth-order valence-electron chi connectivity index (χ4n) is 1.81. The first-order chi connectivity index (χ1) is 7.84. The Hall–Kier alpha value is -2.22. The summed E-state index contributed by atoms with van der Waals surface area (Å²) in [4.78, 5) is 15.9. The Morgan fingerprint density at radius 3 is 2.88 bits per heavy atom. The summed E-state index contributed by atoms with van der Waals surface area (Å²) in [6.45, 7) is 0. The third-order valence-electron chi connectivity index (χ3n) is 2.60. The predicted octanol–water partition coefficient (Wildman–Crippen LogP) is 2.55. The van der Waals surface area contributed by atoms with Crippen LogP contribution >= 0.6 is 0 Å². The smallest absolute Gasteiger partial charge is 0.267 e. The van der Waals surface area contributed by atoms with E-state index in [0.717, 1.165) is 10.8 Å². The summed E-state index contributed by atoms with van der Waals surface area (Å²) in [5, 5.41) is 2.52. The van der Waals surface area contributed by atoms with Crippen LogP contribution in [-0.4, -0.2) is 4.98 Å². The highest BCUT2D eigenvalue weighted by atomic mass is 16.1. The minimum atomic E-state index is -0.190. The lowest BCUT2D eigenvalue weighted by Crippen LogP contribution is -2.01. The lowest BCUT2D eigenvalue weighted by atomic mass is 10.1. The molecule has 0 unspecified atom stereocenters. The van der Waals surface area contributed by atoms with Crippen LogP contribution in [0.15, 0.2) is 53.3 Å². The summed E-state index contributed by atoms with van der Waals surface area (Å²) in [5.41, 5.74) is 0.494. The SMILES string of the molecule is O=c1nc2c[c]ccc2cc2ccccc12. The van der Waals surface area contributed by atoms with Crippen molar-refractivity contribution in [1.82, 2.24) is 4.98 Å². The number of rotatable bonds is 0. The van der Waals surface area contributed by atoms with Crippen molar-refractivity contribution in [2.45, 2.75) is 0 Å². The van der Waals surface area contributed by atoms with Crippen LogP contribution in [0.25, 0.3) is 21.7 Å². The number of benzene rings is 2. The van der Waals surface area contributed by atoms with E-state index in [1.807, 2.05) is 36.4 Å². The topological polar surface area (TPSA) is 30.0 Å². The zero-order chi connectivity index (χ0) is 11.0. The average molecular weight is 206 g/mol. The van der Waals surface area contributed by atoms with Gasteiger partial charge >= 0.3 is 0 Å². The maximum atomic E-state index is 11.9. The van der Waals surface area contributed by atoms with Gasteiger partial charge in [0.2, 0.25) is 0 Å². The van der Waals surface area contributed by atoms with E-state index in [0.29, 0.717) is 10.9 Å². The summed E-state index contributed by atoms with van der Waals surface area (Å²) < 4.78 is 0. The lowest BCUT2D eigenvalue weighted by Gasteiger charge is -1.88. The summed E-state index contributed by atoms with van der Waals surface area (Å²) in [6, 6.07) is 17.9. The zero-order valence-corrected chi connectivity index (χ0v) is 8.47. The third kappa shape index (κ3) is 1.36. The maximum Gasteiger partial charge on any atom is 0.278 e. The molecule has 0 amide bonds. The van der Waals surface area contributed by atoms with E-state index in [2.05, 4.69) is 11.1 Å². The second-order valence-corrected chi connectivity index (χ2v) is 3.63. The molecule has 0 aliphatic carbocycles. The van der Waals surface area contributed by atoms with Crippen molar-refractivity contribution in [1.29, 1.82) is 0 Å². The molecule has 75 valence electrons. The van der Waals surface area contributed by atoms with Gasteiger partial charge in [-0.15, -0.1) is 0 Å². The van der Waals surface area contributed by atoms with Gasteiger partial charge in [0.1, 0.15) is 0 Å². The van der Waals surface area contributed by atoms with Gasteiger partial charge in [0, 0.05) is 10.8 Å². The highest BCUT2D eigenvalue weighted by molar-refractivity contribution is 5.90. The minimum absolute atomic E-state index is 0.190. The Morgan fingerprint density at radius 2 is 1.94 bits per heavy atom. The molecule has 2 aromatic carbocycles. The summed E-state index contributed by atoms with van der Waals surface area (Å²) >= 11 is 0. The second-order valence-electron chi connectivity index (χ2n) is 3.63. The highest BCUT2D eigenvalue weighted by Gasteiger charge is 1.99. The van der Waals surface area contributed by atoms with Crippen LogP contribution in [0.3, 0.4) is 0 Å². The molecule has 16 heavy (non-hydrogen) atoms. The lowest BCUT2D eigenvalue weighted by molar-refractivity contribution is 1.36. The van der Waals surface area contributed by atoms with Gasteiger partial charge in [0.25, 0.3) is 5.56 Å². The van der Waals surface area contributed by atoms with Crippen LogP contribution < -0.4 is 5.56 Å². The van der Waals surface area contributed by atoms with Crippen LogP contribution in [-0.2, 0) is 0 Å². The predicted molar refractivity (Wildman–Crippen MR) is 64.4 cm³/mol. The molecule has 3 aromatic rings. The van der Waals surface area contributed by atoms with E-state index in [1.165, 1.54) is 0 Å². The number of hydrogen-bond acceptors (Lipinski definition) is 2. The second kappa shape index (κ2) is 3.42. The zero-order valence-electron chi connectivity index (χ0n) is 8.47. The molecule has 0 aliphatic heterocycles. The van der Waals surface area contributed by atoms with Crippen molar-refractivity contribution in [2.24, 2.45) is 0 Å². The van der Waals surface area contributed by atoms with Gasteiger partial charge in [-0.3, -0.25) is 4.79 Å².